The first kappa shape index (κ1) is 20.5. The summed E-state index contributed by atoms with van der Waals surface area (Å²) in [5.41, 5.74) is 0.462. The third kappa shape index (κ3) is 8.50. The highest BCUT2D eigenvalue weighted by Crippen LogP contribution is 2.29. The zero-order valence-electron chi connectivity index (χ0n) is 14.3. The van der Waals surface area contributed by atoms with Gasteiger partial charge in [0.2, 0.25) is 0 Å². The van der Waals surface area contributed by atoms with Gasteiger partial charge in [0, 0.05) is 4.75 Å². The van der Waals surface area contributed by atoms with Gasteiger partial charge in [0.25, 0.3) is 0 Å². The second-order valence-corrected chi connectivity index (χ2v) is 7.02. The number of aliphatic hydroxyl groups is 1. The molecule has 3 heteroatoms. The van der Waals surface area contributed by atoms with Crippen LogP contribution in [0.3, 0.4) is 0 Å². The Morgan fingerprint density at radius 1 is 1.14 bits per heavy atom. The van der Waals surface area contributed by atoms with Crippen LogP contribution in [0.2, 0.25) is 0 Å². The maximum Gasteiger partial charge on any atom is 0.0920 e. The molecular formula is C18H33NOS. The van der Waals surface area contributed by atoms with Gasteiger partial charge in [-0.2, -0.15) is 12.6 Å². The van der Waals surface area contributed by atoms with E-state index in [0.29, 0.717) is 0 Å². The van der Waals surface area contributed by atoms with Crippen LogP contribution in [0.4, 0.5) is 0 Å². The SMILES string of the molecule is CC.CCC(C)(C)S.OC1(c2ccccc2)CCNCC1. The fraction of sp³-hybridized carbons (Fsp3) is 0.667. The summed E-state index contributed by atoms with van der Waals surface area (Å²) in [7, 11) is 0. The van der Waals surface area contributed by atoms with Gasteiger partial charge in [0.15, 0.2) is 0 Å². The fourth-order valence-electron chi connectivity index (χ4n) is 1.88. The number of thiol groups is 1. The smallest absolute Gasteiger partial charge is 0.0920 e. The molecule has 2 N–H and O–H groups in total. The average molecular weight is 312 g/mol. The summed E-state index contributed by atoms with van der Waals surface area (Å²) < 4.78 is 0.236. The van der Waals surface area contributed by atoms with E-state index in [1.165, 1.54) is 0 Å². The molecule has 0 aromatic heterocycles. The Hall–Kier alpha value is -0.510. The molecule has 122 valence electrons. The number of benzene rings is 1. The van der Waals surface area contributed by atoms with Gasteiger partial charge in [-0.1, -0.05) is 65.0 Å². The van der Waals surface area contributed by atoms with Crippen molar-refractivity contribution in [2.75, 3.05) is 13.1 Å². The molecule has 2 rings (SSSR count). The molecule has 1 aliphatic rings. The van der Waals surface area contributed by atoms with Gasteiger partial charge in [0.05, 0.1) is 5.60 Å². The van der Waals surface area contributed by atoms with Crippen LogP contribution in [0.15, 0.2) is 30.3 Å². The highest BCUT2D eigenvalue weighted by Gasteiger charge is 2.30. The first-order chi connectivity index (χ1) is 9.87. The molecule has 0 amide bonds. The number of rotatable bonds is 2. The first-order valence-corrected chi connectivity index (χ1v) is 8.53. The lowest BCUT2D eigenvalue weighted by molar-refractivity contribution is 0.00594. The summed E-state index contributed by atoms with van der Waals surface area (Å²) in [4.78, 5) is 0. The fourth-order valence-corrected chi connectivity index (χ4v) is 1.88. The molecule has 1 aliphatic heterocycles. The molecule has 1 saturated heterocycles. The van der Waals surface area contributed by atoms with Crippen molar-refractivity contribution in [1.29, 1.82) is 0 Å². The minimum atomic E-state index is -0.591. The molecule has 0 bridgehead atoms. The van der Waals surface area contributed by atoms with E-state index in [1.54, 1.807) is 0 Å². The second kappa shape index (κ2) is 10.3. The molecule has 1 fully saturated rings. The molecule has 0 aliphatic carbocycles. The number of piperidine rings is 1. The van der Waals surface area contributed by atoms with Crippen molar-refractivity contribution in [3.05, 3.63) is 35.9 Å². The van der Waals surface area contributed by atoms with Crippen LogP contribution in [0, 0.1) is 0 Å². The number of hydrogen-bond donors (Lipinski definition) is 3. The Bertz CT molecular complexity index is 353. The van der Waals surface area contributed by atoms with E-state index in [4.69, 9.17) is 0 Å². The van der Waals surface area contributed by atoms with Crippen LogP contribution in [0.1, 0.15) is 59.4 Å². The summed E-state index contributed by atoms with van der Waals surface area (Å²) in [6.45, 7) is 12.2. The zero-order valence-corrected chi connectivity index (χ0v) is 15.2. The summed E-state index contributed by atoms with van der Waals surface area (Å²) in [6.07, 6.45) is 2.77. The van der Waals surface area contributed by atoms with Gasteiger partial charge in [-0.05, 0) is 37.9 Å². The quantitative estimate of drug-likeness (QED) is 0.708. The Balaban J connectivity index is 0.000000427. The lowest BCUT2D eigenvalue weighted by atomic mass is 9.85. The zero-order chi connectivity index (χ0) is 16.4. The second-order valence-electron chi connectivity index (χ2n) is 5.81. The molecule has 1 aromatic rings. The number of hydrogen-bond acceptors (Lipinski definition) is 3. The van der Waals surface area contributed by atoms with E-state index in [9.17, 15) is 5.11 Å². The molecule has 21 heavy (non-hydrogen) atoms. The Morgan fingerprint density at radius 3 is 1.95 bits per heavy atom. The van der Waals surface area contributed by atoms with Crippen molar-refractivity contribution in [1.82, 2.24) is 5.32 Å². The molecule has 0 atom stereocenters. The van der Waals surface area contributed by atoms with E-state index in [1.807, 2.05) is 44.2 Å². The maximum atomic E-state index is 10.3. The molecule has 2 nitrogen and oxygen atoms in total. The lowest BCUT2D eigenvalue weighted by Gasteiger charge is -2.32. The molecule has 1 heterocycles. The van der Waals surface area contributed by atoms with Gasteiger partial charge >= 0.3 is 0 Å². The normalized spacial score (nSPS) is 16.9. The monoisotopic (exact) mass is 311 g/mol. The lowest BCUT2D eigenvalue weighted by Crippen LogP contribution is -2.39. The average Bonchev–Trinajstić information content (AvgIpc) is 2.51. The molecule has 0 spiro atoms. The highest BCUT2D eigenvalue weighted by molar-refractivity contribution is 7.81. The topological polar surface area (TPSA) is 32.3 Å². The van der Waals surface area contributed by atoms with E-state index >= 15 is 0 Å². The van der Waals surface area contributed by atoms with E-state index in [0.717, 1.165) is 37.9 Å². The van der Waals surface area contributed by atoms with Crippen molar-refractivity contribution in [3.8, 4) is 0 Å². The third-order valence-corrected chi connectivity index (χ3v) is 3.92. The third-order valence-electron chi connectivity index (χ3n) is 3.61. The van der Waals surface area contributed by atoms with Gasteiger partial charge in [0.1, 0.15) is 0 Å². The van der Waals surface area contributed by atoms with Gasteiger partial charge in [-0.25, -0.2) is 0 Å². The van der Waals surface area contributed by atoms with Crippen LogP contribution in [0.25, 0.3) is 0 Å². The first-order valence-electron chi connectivity index (χ1n) is 8.08. The van der Waals surface area contributed by atoms with E-state index < -0.39 is 5.60 Å². The molecule has 1 aromatic carbocycles. The molecule has 0 unspecified atom stereocenters. The highest BCUT2D eigenvalue weighted by atomic mass is 32.1. The van der Waals surface area contributed by atoms with E-state index in [2.05, 4.69) is 38.7 Å². The maximum absolute atomic E-state index is 10.3. The van der Waals surface area contributed by atoms with Crippen LogP contribution in [-0.2, 0) is 5.60 Å². The van der Waals surface area contributed by atoms with Crippen molar-refractivity contribution >= 4 is 12.6 Å². The summed E-state index contributed by atoms with van der Waals surface area (Å²) in [5.74, 6) is 0. The Labute approximate surface area is 136 Å². The molecule has 0 saturated carbocycles. The summed E-state index contributed by atoms with van der Waals surface area (Å²) in [5, 5.41) is 13.6. The van der Waals surface area contributed by atoms with Gasteiger partial charge in [-0.3, -0.25) is 0 Å². The summed E-state index contributed by atoms with van der Waals surface area (Å²) in [6, 6.07) is 9.95. The van der Waals surface area contributed by atoms with Crippen LogP contribution in [0.5, 0.6) is 0 Å². The van der Waals surface area contributed by atoms with Crippen LogP contribution >= 0.6 is 12.6 Å². The van der Waals surface area contributed by atoms with Crippen molar-refractivity contribution in [2.45, 2.75) is 64.2 Å². The van der Waals surface area contributed by atoms with Crippen LogP contribution < -0.4 is 5.32 Å². The summed E-state index contributed by atoms with van der Waals surface area (Å²) >= 11 is 4.25. The van der Waals surface area contributed by atoms with Gasteiger partial charge < -0.3 is 10.4 Å². The predicted molar refractivity (Wildman–Crippen MR) is 97.1 cm³/mol. The minimum absolute atomic E-state index is 0.236. The minimum Gasteiger partial charge on any atom is -0.385 e. The van der Waals surface area contributed by atoms with Crippen molar-refractivity contribution in [3.63, 3.8) is 0 Å². The number of nitrogens with one attached hydrogen (secondary N) is 1. The standard InChI is InChI=1S/C11H15NO.C5H12S.C2H6/c13-11(6-8-12-9-7-11)10-4-2-1-3-5-10;1-4-5(2,3)6;1-2/h1-5,12-13H,6-9H2;6H,4H2,1-3H3;1-2H3. The predicted octanol–water partition coefficient (Wildman–Crippen LogP) is 4.39. The van der Waals surface area contributed by atoms with Crippen molar-refractivity contribution < 1.29 is 5.11 Å². The molecular weight excluding hydrogens is 278 g/mol. The van der Waals surface area contributed by atoms with Crippen LogP contribution in [-0.4, -0.2) is 22.9 Å². The largest absolute Gasteiger partial charge is 0.385 e. The Kier molecular flexibility index (Phi) is 10.0. The Morgan fingerprint density at radius 2 is 1.57 bits per heavy atom. The van der Waals surface area contributed by atoms with E-state index in [-0.39, 0.29) is 4.75 Å². The van der Waals surface area contributed by atoms with Crippen molar-refractivity contribution in [2.24, 2.45) is 0 Å². The molecule has 0 radical (unpaired) electrons. The van der Waals surface area contributed by atoms with Gasteiger partial charge in [-0.15, -0.1) is 0 Å².